The minimum Gasteiger partial charge on any atom is -0.504 e. The Hall–Kier alpha value is -2.00. The third kappa shape index (κ3) is 3.41. The number of halogens is 1. The van der Waals surface area contributed by atoms with Gasteiger partial charge in [0.25, 0.3) is 11.1 Å². The summed E-state index contributed by atoms with van der Waals surface area (Å²) >= 11 is 3.96. The van der Waals surface area contributed by atoms with Gasteiger partial charge in [-0.25, -0.2) is 4.79 Å². The van der Waals surface area contributed by atoms with Crippen molar-refractivity contribution in [3.8, 4) is 11.5 Å². The molecule has 0 aromatic heterocycles. The molecule has 7 nitrogen and oxygen atoms in total. The minimum atomic E-state index is -1.03. The number of imide groups is 1. The van der Waals surface area contributed by atoms with Gasteiger partial charge in [-0.2, -0.15) is 0 Å². The molecule has 1 atom stereocenters. The summed E-state index contributed by atoms with van der Waals surface area (Å²) in [5.41, 5.74) is 0.303. The summed E-state index contributed by atoms with van der Waals surface area (Å²) in [5.74, 6) is -1.25. The number of rotatable bonds is 4. The van der Waals surface area contributed by atoms with Crippen LogP contribution in [0.25, 0.3) is 6.08 Å². The first kappa shape index (κ1) is 18.3. The van der Waals surface area contributed by atoms with Crippen LogP contribution in [0.1, 0.15) is 12.5 Å². The number of carbonyl (C=O) groups is 3. The average molecular weight is 416 g/mol. The molecular weight excluding hydrogens is 402 g/mol. The maximum absolute atomic E-state index is 12.4. The fourth-order valence-electron chi connectivity index (χ4n) is 2.09. The fourth-order valence-corrected chi connectivity index (χ4v) is 3.44. The molecule has 0 aliphatic carbocycles. The number of esters is 1. The molecule has 1 aromatic rings. The molecule has 1 aromatic carbocycles. The second-order valence-electron chi connectivity index (χ2n) is 4.80. The van der Waals surface area contributed by atoms with E-state index in [4.69, 9.17) is 4.74 Å². The lowest BCUT2D eigenvalue weighted by atomic mass is 10.1. The minimum absolute atomic E-state index is 0.0891. The van der Waals surface area contributed by atoms with Gasteiger partial charge in [-0.05, 0) is 36.9 Å². The summed E-state index contributed by atoms with van der Waals surface area (Å²) in [7, 11) is 2.58. The van der Waals surface area contributed by atoms with Gasteiger partial charge in [0.15, 0.2) is 11.5 Å². The van der Waals surface area contributed by atoms with Crippen LogP contribution in [0.15, 0.2) is 21.5 Å². The Balaban J connectivity index is 2.39. The van der Waals surface area contributed by atoms with E-state index in [9.17, 15) is 19.5 Å². The van der Waals surface area contributed by atoms with E-state index in [-0.39, 0.29) is 16.4 Å². The van der Waals surface area contributed by atoms with Gasteiger partial charge in [0.05, 0.1) is 19.1 Å². The lowest BCUT2D eigenvalue weighted by Gasteiger charge is -2.18. The zero-order chi connectivity index (χ0) is 18.0. The summed E-state index contributed by atoms with van der Waals surface area (Å²) in [6.07, 6.45) is 1.37. The molecule has 0 radical (unpaired) electrons. The molecule has 2 rings (SSSR count). The monoisotopic (exact) mass is 415 g/mol. The van der Waals surface area contributed by atoms with E-state index in [0.717, 1.165) is 4.90 Å². The van der Waals surface area contributed by atoms with Gasteiger partial charge >= 0.3 is 5.97 Å². The van der Waals surface area contributed by atoms with Crippen LogP contribution >= 0.6 is 27.7 Å². The predicted octanol–water partition coefficient (Wildman–Crippen LogP) is 2.76. The van der Waals surface area contributed by atoms with Crippen LogP contribution in [0.4, 0.5) is 4.79 Å². The first-order valence-corrected chi connectivity index (χ1v) is 8.32. The Morgan fingerprint density at radius 1 is 1.38 bits per heavy atom. The normalized spacial score (nSPS) is 17.3. The highest BCUT2D eigenvalue weighted by atomic mass is 79.9. The SMILES string of the molecule is COC(=O)[C@@H](C)N1C(=O)S/C(=C/c2cc(Br)cc(OC)c2O)C1=O. The Morgan fingerprint density at radius 3 is 2.62 bits per heavy atom. The predicted molar refractivity (Wildman–Crippen MR) is 91.6 cm³/mol. The van der Waals surface area contributed by atoms with Crippen molar-refractivity contribution in [1.29, 1.82) is 0 Å². The lowest BCUT2D eigenvalue weighted by Crippen LogP contribution is -2.42. The Morgan fingerprint density at radius 2 is 2.04 bits per heavy atom. The van der Waals surface area contributed by atoms with Crippen LogP contribution in [0.5, 0.6) is 11.5 Å². The first-order chi connectivity index (χ1) is 11.3. The zero-order valence-electron chi connectivity index (χ0n) is 13.0. The number of ether oxygens (including phenoxy) is 2. The largest absolute Gasteiger partial charge is 0.504 e. The maximum Gasteiger partial charge on any atom is 0.328 e. The third-order valence-electron chi connectivity index (χ3n) is 3.33. The number of amides is 2. The van der Waals surface area contributed by atoms with E-state index in [2.05, 4.69) is 20.7 Å². The topological polar surface area (TPSA) is 93.1 Å². The number of hydrogen-bond acceptors (Lipinski definition) is 7. The highest BCUT2D eigenvalue weighted by molar-refractivity contribution is 9.10. The molecule has 0 spiro atoms. The zero-order valence-corrected chi connectivity index (χ0v) is 15.4. The van der Waals surface area contributed by atoms with Crippen LogP contribution in [-0.2, 0) is 14.3 Å². The smallest absolute Gasteiger partial charge is 0.328 e. The second kappa shape index (κ2) is 7.27. The molecule has 24 heavy (non-hydrogen) atoms. The summed E-state index contributed by atoms with van der Waals surface area (Å²) in [4.78, 5) is 37.0. The van der Waals surface area contributed by atoms with E-state index in [1.54, 1.807) is 12.1 Å². The number of benzene rings is 1. The number of phenols is 1. The van der Waals surface area contributed by atoms with Crippen molar-refractivity contribution in [2.45, 2.75) is 13.0 Å². The van der Waals surface area contributed by atoms with Crippen LogP contribution in [0, 0.1) is 0 Å². The van der Waals surface area contributed by atoms with Crippen LogP contribution in [0.2, 0.25) is 0 Å². The molecular formula is C15H14BrNO6S. The van der Waals surface area contributed by atoms with Gasteiger partial charge in [0.1, 0.15) is 6.04 Å². The van der Waals surface area contributed by atoms with E-state index in [1.165, 1.54) is 27.2 Å². The van der Waals surface area contributed by atoms with E-state index >= 15 is 0 Å². The van der Waals surface area contributed by atoms with Crippen molar-refractivity contribution in [2.24, 2.45) is 0 Å². The average Bonchev–Trinajstić information content (AvgIpc) is 2.82. The van der Waals surface area contributed by atoms with E-state index in [1.807, 2.05) is 0 Å². The first-order valence-electron chi connectivity index (χ1n) is 6.71. The highest BCUT2D eigenvalue weighted by Crippen LogP contribution is 2.39. The number of thioether (sulfide) groups is 1. The van der Waals surface area contributed by atoms with Gasteiger partial charge < -0.3 is 14.6 Å². The van der Waals surface area contributed by atoms with Crippen molar-refractivity contribution in [3.63, 3.8) is 0 Å². The number of hydrogen-bond donors (Lipinski definition) is 1. The van der Waals surface area contributed by atoms with Crippen molar-refractivity contribution < 1.29 is 29.0 Å². The molecule has 1 saturated heterocycles. The van der Waals surface area contributed by atoms with Crippen molar-refractivity contribution >= 4 is 50.9 Å². The summed E-state index contributed by atoms with van der Waals surface area (Å²) in [5, 5.41) is 9.57. The molecule has 1 aliphatic rings. The van der Waals surface area contributed by atoms with Gasteiger partial charge in [-0.15, -0.1) is 0 Å². The van der Waals surface area contributed by atoms with Gasteiger partial charge in [0.2, 0.25) is 0 Å². The standard InChI is InChI=1S/C15H14BrNO6S/c1-7(14(20)23-3)17-13(19)11(24-15(17)21)5-8-4-9(16)6-10(22-2)12(8)18/h4-7,18H,1-3H3/b11-5+/t7-/m1/s1. The molecule has 1 fully saturated rings. The van der Waals surface area contributed by atoms with E-state index < -0.39 is 23.2 Å². The van der Waals surface area contributed by atoms with Crippen LogP contribution in [0.3, 0.4) is 0 Å². The van der Waals surface area contributed by atoms with Gasteiger partial charge in [-0.1, -0.05) is 15.9 Å². The van der Waals surface area contributed by atoms with Crippen LogP contribution in [-0.4, -0.2) is 47.4 Å². The summed E-state index contributed by atoms with van der Waals surface area (Å²) in [6.45, 7) is 1.41. The molecule has 1 aliphatic heterocycles. The molecule has 128 valence electrons. The van der Waals surface area contributed by atoms with Crippen molar-refractivity contribution in [3.05, 3.63) is 27.1 Å². The van der Waals surface area contributed by atoms with Crippen molar-refractivity contribution in [1.82, 2.24) is 4.90 Å². The Labute approximate surface area is 150 Å². The lowest BCUT2D eigenvalue weighted by molar-refractivity contribution is -0.148. The molecule has 9 heteroatoms. The molecule has 0 unspecified atom stereocenters. The third-order valence-corrected chi connectivity index (χ3v) is 4.67. The Bertz CT molecular complexity index is 748. The van der Waals surface area contributed by atoms with Crippen LogP contribution < -0.4 is 4.74 Å². The molecule has 0 saturated carbocycles. The molecule has 0 bridgehead atoms. The number of nitrogens with zero attached hydrogens (tertiary/aromatic N) is 1. The van der Waals surface area contributed by atoms with Gasteiger partial charge in [0, 0.05) is 10.0 Å². The summed E-state index contributed by atoms with van der Waals surface area (Å²) < 4.78 is 10.2. The summed E-state index contributed by atoms with van der Waals surface area (Å²) in [6, 6.07) is 2.12. The van der Waals surface area contributed by atoms with E-state index in [0.29, 0.717) is 21.8 Å². The Kier molecular flexibility index (Phi) is 5.55. The number of aromatic hydroxyl groups is 1. The highest BCUT2D eigenvalue weighted by Gasteiger charge is 2.41. The fraction of sp³-hybridized carbons (Fsp3) is 0.267. The number of carbonyl (C=O) groups excluding carboxylic acids is 3. The van der Waals surface area contributed by atoms with Gasteiger partial charge in [-0.3, -0.25) is 14.5 Å². The quantitative estimate of drug-likeness (QED) is 0.596. The van der Waals surface area contributed by atoms with Crippen molar-refractivity contribution in [2.75, 3.05) is 14.2 Å². The molecule has 1 heterocycles. The maximum atomic E-state index is 12.4. The number of phenolic OH excluding ortho intramolecular Hbond substituents is 1. The molecule has 1 N–H and O–H groups in total. The number of methoxy groups -OCH3 is 2. The second-order valence-corrected chi connectivity index (χ2v) is 6.71. The molecule has 2 amide bonds.